The number of amides is 2. The maximum atomic E-state index is 13.2. The largest absolute Gasteiger partial charge is 0.493 e. The van der Waals surface area contributed by atoms with Crippen LogP contribution in [-0.4, -0.2) is 56.7 Å². The third-order valence-corrected chi connectivity index (χ3v) is 5.87. The van der Waals surface area contributed by atoms with E-state index in [1.165, 1.54) is 0 Å². The Balaban J connectivity index is 1.55. The third-order valence-electron chi connectivity index (χ3n) is 5.87. The summed E-state index contributed by atoms with van der Waals surface area (Å²) in [6.45, 7) is 3.43. The first-order valence-electron chi connectivity index (χ1n) is 11.5. The molecule has 4 rings (SSSR count). The van der Waals surface area contributed by atoms with Gasteiger partial charge >= 0.3 is 6.03 Å². The Hall–Kier alpha value is -3.72. The van der Waals surface area contributed by atoms with Gasteiger partial charge in [-0.05, 0) is 49.6 Å². The lowest BCUT2D eigenvalue weighted by Gasteiger charge is -2.25. The number of aromatic nitrogens is 1. The number of anilines is 1. The number of methoxy groups -OCH3 is 3. The molecule has 9 heteroatoms. The molecule has 186 valence electrons. The van der Waals surface area contributed by atoms with Crippen molar-refractivity contribution < 1.29 is 28.3 Å². The Kier molecular flexibility index (Phi) is 7.77. The van der Waals surface area contributed by atoms with Crippen LogP contribution in [0.4, 0.5) is 10.5 Å². The van der Waals surface area contributed by atoms with Crippen molar-refractivity contribution in [2.24, 2.45) is 0 Å². The predicted octanol–water partition coefficient (Wildman–Crippen LogP) is 4.89. The number of benzene rings is 2. The van der Waals surface area contributed by atoms with Gasteiger partial charge in [-0.15, -0.1) is 0 Å². The molecule has 1 aliphatic heterocycles. The summed E-state index contributed by atoms with van der Waals surface area (Å²) in [6, 6.07) is 12.9. The highest BCUT2D eigenvalue weighted by atomic mass is 16.5. The Morgan fingerprint density at radius 1 is 1.11 bits per heavy atom. The average molecular weight is 482 g/mol. The fourth-order valence-electron chi connectivity index (χ4n) is 4.12. The van der Waals surface area contributed by atoms with Crippen molar-refractivity contribution in [2.75, 3.05) is 39.8 Å². The number of carbonyl (C=O) groups is 1. The summed E-state index contributed by atoms with van der Waals surface area (Å²) in [6.07, 6.45) is 1.91. The zero-order chi connectivity index (χ0) is 24.8. The molecule has 2 heterocycles. The van der Waals surface area contributed by atoms with E-state index in [-0.39, 0.29) is 18.7 Å². The molecule has 0 bridgehead atoms. The monoisotopic (exact) mass is 481 g/mol. The summed E-state index contributed by atoms with van der Waals surface area (Å²) in [4.78, 5) is 14.9. The van der Waals surface area contributed by atoms with Gasteiger partial charge in [0.15, 0.2) is 17.3 Å². The molecule has 1 aliphatic rings. The van der Waals surface area contributed by atoms with E-state index in [2.05, 4.69) is 10.5 Å². The van der Waals surface area contributed by atoms with Crippen LogP contribution < -0.4 is 19.5 Å². The number of urea groups is 1. The van der Waals surface area contributed by atoms with Crippen molar-refractivity contribution >= 4 is 11.7 Å². The van der Waals surface area contributed by atoms with E-state index in [0.717, 1.165) is 24.1 Å². The average Bonchev–Trinajstić information content (AvgIpc) is 3.55. The van der Waals surface area contributed by atoms with Gasteiger partial charge in [0.25, 0.3) is 0 Å². The van der Waals surface area contributed by atoms with Crippen molar-refractivity contribution in [2.45, 2.75) is 32.4 Å². The Morgan fingerprint density at radius 2 is 1.89 bits per heavy atom. The number of nitrogens with zero attached hydrogens (tertiary/aromatic N) is 2. The van der Waals surface area contributed by atoms with Crippen molar-refractivity contribution in [3.63, 3.8) is 0 Å². The summed E-state index contributed by atoms with van der Waals surface area (Å²) in [5.74, 6) is 2.04. The van der Waals surface area contributed by atoms with E-state index in [9.17, 15) is 4.79 Å². The molecule has 3 aromatic rings. The lowest BCUT2D eigenvalue weighted by atomic mass is 10.1. The second-order valence-electron chi connectivity index (χ2n) is 8.41. The Labute approximate surface area is 204 Å². The second-order valence-corrected chi connectivity index (χ2v) is 8.41. The number of hydrogen-bond acceptors (Lipinski definition) is 7. The molecule has 2 amide bonds. The number of carbonyl (C=O) groups excluding carboxylic acids is 1. The molecule has 1 aromatic heterocycles. The summed E-state index contributed by atoms with van der Waals surface area (Å²) < 4.78 is 27.7. The Bertz CT molecular complexity index is 1130. The van der Waals surface area contributed by atoms with Crippen molar-refractivity contribution in [3.05, 3.63) is 53.7 Å². The van der Waals surface area contributed by atoms with Gasteiger partial charge in [-0.1, -0.05) is 17.3 Å². The molecule has 35 heavy (non-hydrogen) atoms. The summed E-state index contributed by atoms with van der Waals surface area (Å²) >= 11 is 0. The van der Waals surface area contributed by atoms with Gasteiger partial charge in [0.05, 0.1) is 34.0 Å². The topological polar surface area (TPSA) is 95.3 Å². The molecule has 0 spiro atoms. The van der Waals surface area contributed by atoms with E-state index in [1.807, 2.05) is 37.3 Å². The number of hydrogen-bond donors (Lipinski definition) is 1. The predicted molar refractivity (Wildman–Crippen MR) is 131 cm³/mol. The molecule has 1 fully saturated rings. The van der Waals surface area contributed by atoms with Gasteiger partial charge in [0, 0.05) is 30.5 Å². The zero-order valence-corrected chi connectivity index (χ0v) is 20.5. The van der Waals surface area contributed by atoms with Crippen LogP contribution in [0, 0.1) is 6.92 Å². The second kappa shape index (κ2) is 11.1. The first-order valence-corrected chi connectivity index (χ1v) is 11.5. The first-order chi connectivity index (χ1) is 17.0. The fourth-order valence-corrected chi connectivity index (χ4v) is 4.12. The molecular formula is C26H31N3O6. The number of nitrogens with one attached hydrogen (secondary N) is 1. The quantitative estimate of drug-likeness (QED) is 0.465. The van der Waals surface area contributed by atoms with E-state index in [4.69, 9.17) is 23.5 Å². The highest BCUT2D eigenvalue weighted by molar-refractivity contribution is 5.89. The zero-order valence-electron chi connectivity index (χ0n) is 20.5. The number of rotatable bonds is 9. The highest BCUT2D eigenvalue weighted by Crippen LogP contribution is 2.41. The lowest BCUT2D eigenvalue weighted by molar-refractivity contribution is 0.0814. The minimum absolute atomic E-state index is 0.000239. The van der Waals surface area contributed by atoms with Crippen LogP contribution in [0.5, 0.6) is 17.2 Å². The molecule has 1 N–H and O–H groups in total. The Morgan fingerprint density at radius 3 is 2.51 bits per heavy atom. The van der Waals surface area contributed by atoms with Crippen molar-refractivity contribution in [3.8, 4) is 28.6 Å². The summed E-state index contributed by atoms with van der Waals surface area (Å²) in [5.41, 5.74) is 3.14. The standard InChI is InChI=1S/C26H31N3O6/c1-17-7-5-8-19(11-17)27-26(30)29(16-21-9-6-10-34-21)15-20-14-22(35-28-20)18-12-23(31-2)25(33-4)24(13-18)32-3/h5,7-8,11-14,21H,6,9-10,15-16H2,1-4H3,(H,27,30)/t21-/m1/s1. The van der Waals surface area contributed by atoms with Crippen LogP contribution in [0.25, 0.3) is 11.3 Å². The first kappa shape index (κ1) is 24.4. The number of aryl methyl sites for hydroxylation is 1. The third kappa shape index (κ3) is 5.86. The molecule has 9 nitrogen and oxygen atoms in total. The molecule has 0 unspecified atom stereocenters. The van der Waals surface area contributed by atoms with Crippen LogP contribution in [0.1, 0.15) is 24.1 Å². The van der Waals surface area contributed by atoms with Crippen molar-refractivity contribution in [1.82, 2.24) is 10.1 Å². The fraction of sp³-hybridized carbons (Fsp3) is 0.385. The molecule has 2 aromatic carbocycles. The summed E-state index contributed by atoms with van der Waals surface area (Å²) in [7, 11) is 4.67. The molecule has 1 atom stereocenters. The minimum atomic E-state index is -0.219. The van der Waals surface area contributed by atoms with E-state index >= 15 is 0 Å². The van der Waals surface area contributed by atoms with Gasteiger partial charge in [0.2, 0.25) is 5.75 Å². The molecule has 1 saturated heterocycles. The summed E-state index contributed by atoms with van der Waals surface area (Å²) in [5, 5.41) is 7.20. The van der Waals surface area contributed by atoms with Crippen LogP contribution in [-0.2, 0) is 11.3 Å². The molecule has 0 aliphatic carbocycles. The maximum absolute atomic E-state index is 13.2. The molecule has 0 saturated carbocycles. The van der Waals surface area contributed by atoms with Gasteiger partial charge in [-0.2, -0.15) is 0 Å². The van der Waals surface area contributed by atoms with Gasteiger partial charge < -0.3 is 33.7 Å². The number of ether oxygens (including phenoxy) is 4. The van der Waals surface area contributed by atoms with Crippen LogP contribution in [0.15, 0.2) is 47.0 Å². The van der Waals surface area contributed by atoms with Gasteiger partial charge in [-0.3, -0.25) is 0 Å². The van der Waals surface area contributed by atoms with E-state index in [1.54, 1.807) is 38.4 Å². The van der Waals surface area contributed by atoms with Crippen LogP contribution >= 0.6 is 0 Å². The maximum Gasteiger partial charge on any atom is 0.322 e. The van der Waals surface area contributed by atoms with Crippen molar-refractivity contribution in [1.29, 1.82) is 0 Å². The van der Waals surface area contributed by atoms with Crippen LogP contribution in [0.3, 0.4) is 0 Å². The highest BCUT2D eigenvalue weighted by Gasteiger charge is 2.24. The van der Waals surface area contributed by atoms with Gasteiger partial charge in [-0.25, -0.2) is 4.79 Å². The van der Waals surface area contributed by atoms with E-state index < -0.39 is 0 Å². The SMILES string of the molecule is COc1cc(-c2cc(CN(C[C@H]3CCCO3)C(=O)Nc3cccc(C)c3)no2)cc(OC)c1OC. The van der Waals surface area contributed by atoms with Crippen LogP contribution in [0.2, 0.25) is 0 Å². The molecule has 0 radical (unpaired) electrons. The molecular weight excluding hydrogens is 450 g/mol. The van der Waals surface area contributed by atoms with Gasteiger partial charge in [0.1, 0.15) is 5.69 Å². The lowest BCUT2D eigenvalue weighted by Crippen LogP contribution is -2.39. The van der Waals surface area contributed by atoms with E-state index in [0.29, 0.717) is 47.4 Å². The smallest absolute Gasteiger partial charge is 0.322 e. The minimum Gasteiger partial charge on any atom is -0.493 e. The normalized spacial score (nSPS) is 15.0.